The monoisotopic (exact) mass is 278 g/mol. The zero-order chi connectivity index (χ0) is 14.7. The lowest BCUT2D eigenvalue weighted by atomic mass is 9.94. The van der Waals surface area contributed by atoms with Gasteiger partial charge >= 0.3 is 0 Å². The molecule has 0 saturated carbocycles. The van der Waals surface area contributed by atoms with Crippen molar-refractivity contribution >= 4 is 5.91 Å². The third-order valence-electron chi connectivity index (χ3n) is 4.03. The molecule has 0 bridgehead atoms. The maximum Gasteiger partial charge on any atom is 0.255 e. The van der Waals surface area contributed by atoms with Crippen molar-refractivity contribution in [1.82, 2.24) is 9.88 Å². The van der Waals surface area contributed by atoms with Crippen LogP contribution in [-0.4, -0.2) is 23.2 Å². The first-order chi connectivity index (χ1) is 9.50. The highest BCUT2D eigenvalue weighted by Crippen LogP contribution is 2.20. The predicted molar refractivity (Wildman–Crippen MR) is 76.4 cm³/mol. The molecule has 1 aromatic rings. The van der Waals surface area contributed by atoms with Crippen molar-refractivity contribution in [1.29, 1.82) is 0 Å². The molecule has 0 radical (unpaired) electrons. The molecule has 1 aromatic heterocycles. The van der Waals surface area contributed by atoms with E-state index in [0.29, 0.717) is 5.56 Å². The Morgan fingerprint density at radius 2 is 2.25 bits per heavy atom. The molecular weight excluding hydrogens is 256 g/mol. The number of amides is 1. The molecule has 5 nitrogen and oxygen atoms in total. The molecule has 0 aromatic carbocycles. The van der Waals surface area contributed by atoms with Gasteiger partial charge in [0.2, 0.25) is 5.91 Å². The number of ether oxygens (including phenoxy) is 1. The van der Waals surface area contributed by atoms with Crippen molar-refractivity contribution in [3.63, 3.8) is 0 Å². The van der Waals surface area contributed by atoms with Crippen molar-refractivity contribution in [2.75, 3.05) is 6.61 Å². The Labute approximate surface area is 118 Å². The Morgan fingerprint density at radius 1 is 1.50 bits per heavy atom. The van der Waals surface area contributed by atoms with Gasteiger partial charge in [0.25, 0.3) is 5.56 Å². The van der Waals surface area contributed by atoms with Crippen LogP contribution in [0.25, 0.3) is 0 Å². The van der Waals surface area contributed by atoms with Gasteiger partial charge in [0.1, 0.15) is 0 Å². The fourth-order valence-electron chi connectivity index (χ4n) is 2.50. The Kier molecular flexibility index (Phi) is 4.60. The van der Waals surface area contributed by atoms with Gasteiger partial charge < -0.3 is 14.6 Å². The number of pyridine rings is 1. The molecule has 2 atom stereocenters. The van der Waals surface area contributed by atoms with Gasteiger partial charge in [-0.3, -0.25) is 9.59 Å². The molecule has 0 aliphatic carbocycles. The summed E-state index contributed by atoms with van der Waals surface area (Å²) in [5.74, 6) is -0.141. The SMILES string of the molecule is Cc1ccc(CNC(=O)C2CCCOC2C)c(=O)n1C. The second kappa shape index (κ2) is 6.22. The van der Waals surface area contributed by atoms with E-state index in [9.17, 15) is 9.59 Å². The molecule has 1 aliphatic rings. The lowest BCUT2D eigenvalue weighted by molar-refractivity contribution is -0.133. The number of nitrogens with one attached hydrogen (secondary N) is 1. The van der Waals surface area contributed by atoms with E-state index in [2.05, 4.69) is 5.32 Å². The highest BCUT2D eigenvalue weighted by Gasteiger charge is 2.28. The molecule has 5 heteroatoms. The van der Waals surface area contributed by atoms with Crippen LogP contribution in [-0.2, 0) is 23.1 Å². The minimum Gasteiger partial charge on any atom is -0.378 e. The van der Waals surface area contributed by atoms with Gasteiger partial charge in [0.15, 0.2) is 0 Å². The first-order valence-corrected chi connectivity index (χ1v) is 7.05. The van der Waals surface area contributed by atoms with E-state index < -0.39 is 0 Å². The third-order valence-corrected chi connectivity index (χ3v) is 4.03. The van der Waals surface area contributed by atoms with Crippen molar-refractivity contribution in [2.24, 2.45) is 13.0 Å². The summed E-state index contributed by atoms with van der Waals surface area (Å²) < 4.78 is 7.09. The van der Waals surface area contributed by atoms with E-state index in [1.54, 1.807) is 17.7 Å². The van der Waals surface area contributed by atoms with Gasteiger partial charge in [0, 0.05) is 31.5 Å². The molecule has 2 unspecified atom stereocenters. The zero-order valence-corrected chi connectivity index (χ0v) is 12.3. The summed E-state index contributed by atoms with van der Waals surface area (Å²) >= 11 is 0. The molecule has 110 valence electrons. The highest BCUT2D eigenvalue weighted by molar-refractivity contribution is 5.79. The van der Waals surface area contributed by atoms with Gasteiger partial charge in [-0.05, 0) is 32.8 Å². The van der Waals surface area contributed by atoms with E-state index in [1.807, 2.05) is 19.9 Å². The number of hydrogen-bond acceptors (Lipinski definition) is 3. The van der Waals surface area contributed by atoms with Crippen LogP contribution in [0.5, 0.6) is 0 Å². The van der Waals surface area contributed by atoms with E-state index in [0.717, 1.165) is 25.1 Å². The van der Waals surface area contributed by atoms with Gasteiger partial charge in [-0.2, -0.15) is 0 Å². The first kappa shape index (κ1) is 14.8. The number of carbonyl (C=O) groups is 1. The summed E-state index contributed by atoms with van der Waals surface area (Å²) in [5, 5.41) is 2.85. The van der Waals surface area contributed by atoms with Crippen LogP contribution < -0.4 is 10.9 Å². The Morgan fingerprint density at radius 3 is 2.95 bits per heavy atom. The number of hydrogen-bond donors (Lipinski definition) is 1. The lowest BCUT2D eigenvalue weighted by Crippen LogP contribution is -2.40. The summed E-state index contributed by atoms with van der Waals surface area (Å²) in [4.78, 5) is 24.2. The predicted octanol–water partition coefficient (Wildman–Crippen LogP) is 1.13. The fourth-order valence-corrected chi connectivity index (χ4v) is 2.50. The third kappa shape index (κ3) is 3.10. The van der Waals surface area contributed by atoms with Gasteiger partial charge in [-0.15, -0.1) is 0 Å². The van der Waals surface area contributed by atoms with E-state index in [-0.39, 0.29) is 30.0 Å². The molecule has 2 heterocycles. The van der Waals surface area contributed by atoms with E-state index in [4.69, 9.17) is 4.74 Å². The molecule has 1 fully saturated rings. The molecule has 2 rings (SSSR count). The van der Waals surface area contributed by atoms with Crippen LogP contribution in [0.2, 0.25) is 0 Å². The molecule has 0 spiro atoms. The van der Waals surface area contributed by atoms with Crippen LogP contribution in [0.15, 0.2) is 16.9 Å². The van der Waals surface area contributed by atoms with Crippen LogP contribution in [0, 0.1) is 12.8 Å². The normalized spacial score (nSPS) is 22.6. The molecule has 1 saturated heterocycles. The zero-order valence-electron chi connectivity index (χ0n) is 12.3. The molecular formula is C15H22N2O3. The average Bonchev–Trinajstić information content (AvgIpc) is 2.44. The first-order valence-electron chi connectivity index (χ1n) is 7.05. The van der Waals surface area contributed by atoms with Crippen molar-refractivity contribution in [3.05, 3.63) is 33.7 Å². The fraction of sp³-hybridized carbons (Fsp3) is 0.600. The maximum atomic E-state index is 12.1. The van der Waals surface area contributed by atoms with Crippen LogP contribution in [0.3, 0.4) is 0 Å². The number of aryl methyl sites for hydroxylation is 1. The standard InChI is InChI=1S/C15H22N2O3/c1-10-6-7-12(15(19)17(10)3)9-16-14(18)13-5-4-8-20-11(13)2/h6-7,11,13H,4-5,8-9H2,1-3H3,(H,16,18). The summed E-state index contributed by atoms with van der Waals surface area (Å²) in [5.41, 5.74) is 1.45. The van der Waals surface area contributed by atoms with Crippen LogP contribution in [0.1, 0.15) is 31.0 Å². The summed E-state index contributed by atoms with van der Waals surface area (Å²) in [6.07, 6.45) is 1.71. The van der Waals surface area contributed by atoms with Crippen LogP contribution in [0.4, 0.5) is 0 Å². The molecule has 20 heavy (non-hydrogen) atoms. The van der Waals surface area contributed by atoms with Crippen molar-refractivity contribution in [3.8, 4) is 0 Å². The largest absolute Gasteiger partial charge is 0.378 e. The summed E-state index contributed by atoms with van der Waals surface area (Å²) in [7, 11) is 1.74. The van der Waals surface area contributed by atoms with Gasteiger partial charge in [-0.1, -0.05) is 6.07 Å². The average molecular weight is 278 g/mol. The Hall–Kier alpha value is -1.62. The maximum absolute atomic E-state index is 12.1. The molecule has 1 amide bonds. The minimum atomic E-state index is -0.113. The topological polar surface area (TPSA) is 60.3 Å². The molecule has 1 N–H and O–H groups in total. The Balaban J connectivity index is 2.00. The number of aromatic nitrogens is 1. The highest BCUT2D eigenvalue weighted by atomic mass is 16.5. The van der Waals surface area contributed by atoms with Crippen molar-refractivity contribution in [2.45, 2.75) is 39.3 Å². The van der Waals surface area contributed by atoms with E-state index in [1.165, 1.54) is 0 Å². The number of carbonyl (C=O) groups excluding carboxylic acids is 1. The Bertz CT molecular complexity index is 551. The second-order valence-corrected chi connectivity index (χ2v) is 5.41. The molecule has 1 aliphatic heterocycles. The van der Waals surface area contributed by atoms with Gasteiger partial charge in [-0.25, -0.2) is 0 Å². The minimum absolute atomic E-state index is 0.0279. The smallest absolute Gasteiger partial charge is 0.255 e. The van der Waals surface area contributed by atoms with Crippen molar-refractivity contribution < 1.29 is 9.53 Å². The summed E-state index contributed by atoms with van der Waals surface area (Å²) in [6, 6.07) is 3.66. The number of nitrogens with zero attached hydrogens (tertiary/aromatic N) is 1. The summed E-state index contributed by atoms with van der Waals surface area (Å²) in [6.45, 7) is 4.80. The number of rotatable bonds is 3. The van der Waals surface area contributed by atoms with E-state index >= 15 is 0 Å². The quantitative estimate of drug-likeness (QED) is 0.901. The van der Waals surface area contributed by atoms with Crippen LogP contribution >= 0.6 is 0 Å². The lowest BCUT2D eigenvalue weighted by Gasteiger charge is -2.28. The second-order valence-electron chi connectivity index (χ2n) is 5.41. The van der Waals surface area contributed by atoms with Gasteiger partial charge in [0.05, 0.1) is 12.0 Å².